The minimum absolute atomic E-state index is 0.0791. The van der Waals surface area contributed by atoms with Gasteiger partial charge in [-0.2, -0.15) is 5.10 Å². The SMILES string of the molecule is COC(=O)[C@@H](NC(=O)c1cc(C)n(-c2ccc(F)cc2)n1)C1CCCCC1. The Balaban J connectivity index is 1.79. The largest absolute Gasteiger partial charge is 0.467 e. The van der Waals surface area contributed by atoms with Gasteiger partial charge in [-0.1, -0.05) is 19.3 Å². The van der Waals surface area contributed by atoms with Crippen LogP contribution in [0.25, 0.3) is 5.69 Å². The number of benzene rings is 1. The molecule has 1 aromatic carbocycles. The van der Waals surface area contributed by atoms with Crippen molar-refractivity contribution in [3.63, 3.8) is 0 Å². The molecule has 0 unspecified atom stereocenters. The van der Waals surface area contributed by atoms with E-state index in [0.717, 1.165) is 37.8 Å². The highest BCUT2D eigenvalue weighted by Gasteiger charge is 2.32. The highest BCUT2D eigenvalue weighted by Crippen LogP contribution is 2.27. The lowest BCUT2D eigenvalue weighted by Gasteiger charge is -2.28. The van der Waals surface area contributed by atoms with Gasteiger partial charge in [-0.15, -0.1) is 0 Å². The predicted molar refractivity (Wildman–Crippen MR) is 98.1 cm³/mol. The summed E-state index contributed by atoms with van der Waals surface area (Å²) >= 11 is 0. The Hall–Kier alpha value is -2.70. The molecule has 7 heteroatoms. The standard InChI is InChI=1S/C20H24FN3O3/c1-13-12-17(23-24(13)16-10-8-15(21)9-11-16)19(25)22-18(20(26)27-2)14-6-4-3-5-7-14/h8-12,14,18H,3-7H2,1-2H3,(H,22,25)/t18-/m0/s1. The number of esters is 1. The third kappa shape index (κ3) is 4.35. The van der Waals surface area contributed by atoms with Crippen molar-refractivity contribution in [2.24, 2.45) is 5.92 Å². The Morgan fingerprint density at radius 2 is 1.89 bits per heavy atom. The van der Waals surface area contributed by atoms with Crippen LogP contribution in [0, 0.1) is 18.7 Å². The fourth-order valence-corrected chi connectivity index (χ4v) is 3.61. The minimum atomic E-state index is -0.668. The Morgan fingerprint density at radius 1 is 1.22 bits per heavy atom. The first-order valence-electron chi connectivity index (χ1n) is 9.21. The number of carbonyl (C=O) groups excluding carboxylic acids is 2. The number of ether oxygens (including phenoxy) is 1. The van der Waals surface area contributed by atoms with E-state index in [4.69, 9.17) is 4.74 Å². The molecule has 0 aliphatic heterocycles. The molecular formula is C20H24FN3O3. The lowest BCUT2D eigenvalue weighted by Crippen LogP contribution is -2.47. The van der Waals surface area contributed by atoms with Crippen LogP contribution < -0.4 is 5.32 Å². The van der Waals surface area contributed by atoms with E-state index in [1.165, 1.54) is 19.2 Å². The van der Waals surface area contributed by atoms with Crippen molar-refractivity contribution in [1.82, 2.24) is 15.1 Å². The van der Waals surface area contributed by atoms with Crippen molar-refractivity contribution in [2.75, 3.05) is 7.11 Å². The molecule has 6 nitrogen and oxygen atoms in total. The maximum Gasteiger partial charge on any atom is 0.328 e. The third-order valence-electron chi connectivity index (χ3n) is 5.05. The third-order valence-corrected chi connectivity index (χ3v) is 5.05. The summed E-state index contributed by atoms with van der Waals surface area (Å²) < 4.78 is 19.6. The molecule has 1 N–H and O–H groups in total. The van der Waals surface area contributed by atoms with E-state index >= 15 is 0 Å². The van der Waals surface area contributed by atoms with E-state index in [9.17, 15) is 14.0 Å². The first kappa shape index (κ1) is 19.1. The van der Waals surface area contributed by atoms with Crippen LogP contribution in [0.5, 0.6) is 0 Å². The average molecular weight is 373 g/mol. The van der Waals surface area contributed by atoms with E-state index in [1.807, 2.05) is 6.92 Å². The van der Waals surface area contributed by atoms with Gasteiger partial charge >= 0.3 is 5.97 Å². The summed E-state index contributed by atoms with van der Waals surface area (Å²) in [5.74, 6) is -1.10. The van der Waals surface area contributed by atoms with E-state index in [1.54, 1.807) is 22.9 Å². The highest BCUT2D eigenvalue weighted by molar-refractivity contribution is 5.95. The summed E-state index contributed by atoms with van der Waals surface area (Å²) in [7, 11) is 1.33. The molecule has 0 spiro atoms. The lowest BCUT2D eigenvalue weighted by atomic mass is 9.84. The van der Waals surface area contributed by atoms with Gasteiger partial charge in [0.25, 0.3) is 5.91 Å². The van der Waals surface area contributed by atoms with Gasteiger partial charge in [0.15, 0.2) is 5.69 Å². The fourth-order valence-electron chi connectivity index (χ4n) is 3.61. The number of hydrogen-bond donors (Lipinski definition) is 1. The zero-order valence-corrected chi connectivity index (χ0v) is 15.6. The predicted octanol–water partition coefficient (Wildman–Crippen LogP) is 3.17. The molecule has 1 heterocycles. The van der Waals surface area contributed by atoms with Gasteiger partial charge in [-0.05, 0) is 56.0 Å². The molecule has 0 bridgehead atoms. The van der Waals surface area contributed by atoms with Crippen molar-refractivity contribution in [2.45, 2.75) is 45.1 Å². The number of aryl methyl sites for hydroxylation is 1. The average Bonchev–Trinajstić information content (AvgIpc) is 3.08. The molecule has 0 saturated heterocycles. The monoisotopic (exact) mass is 373 g/mol. The fraction of sp³-hybridized carbons (Fsp3) is 0.450. The maximum atomic E-state index is 13.1. The molecule has 3 rings (SSSR count). The normalized spacial score (nSPS) is 16.0. The number of nitrogens with zero attached hydrogens (tertiary/aromatic N) is 2. The molecule has 1 amide bonds. The number of nitrogens with one attached hydrogen (secondary N) is 1. The minimum Gasteiger partial charge on any atom is -0.467 e. The number of amides is 1. The number of carbonyl (C=O) groups is 2. The molecule has 1 aliphatic rings. The molecular weight excluding hydrogens is 349 g/mol. The van der Waals surface area contributed by atoms with Gasteiger partial charge in [0.05, 0.1) is 12.8 Å². The quantitative estimate of drug-likeness (QED) is 0.817. The zero-order chi connectivity index (χ0) is 19.4. The number of halogens is 1. The number of methoxy groups -OCH3 is 1. The van der Waals surface area contributed by atoms with Gasteiger partial charge in [0.2, 0.25) is 0 Å². The van der Waals surface area contributed by atoms with Crippen LogP contribution in [-0.2, 0) is 9.53 Å². The topological polar surface area (TPSA) is 73.2 Å². The van der Waals surface area contributed by atoms with Gasteiger partial charge in [-0.25, -0.2) is 13.9 Å². The van der Waals surface area contributed by atoms with E-state index in [0.29, 0.717) is 5.69 Å². The second-order valence-electron chi connectivity index (χ2n) is 6.93. The second kappa shape index (κ2) is 8.33. The first-order valence-corrected chi connectivity index (χ1v) is 9.21. The van der Waals surface area contributed by atoms with E-state index in [2.05, 4.69) is 10.4 Å². The van der Waals surface area contributed by atoms with E-state index < -0.39 is 17.9 Å². The summed E-state index contributed by atoms with van der Waals surface area (Å²) in [5, 5.41) is 7.13. The van der Waals surface area contributed by atoms with Crippen molar-refractivity contribution in [3.8, 4) is 5.69 Å². The molecule has 1 aliphatic carbocycles. The van der Waals surface area contributed by atoms with Crippen molar-refractivity contribution in [1.29, 1.82) is 0 Å². The van der Waals surface area contributed by atoms with Crippen molar-refractivity contribution < 1.29 is 18.7 Å². The summed E-state index contributed by atoms with van der Waals surface area (Å²) in [6, 6.07) is 6.85. The molecule has 1 atom stereocenters. The summed E-state index contributed by atoms with van der Waals surface area (Å²) in [6.07, 6.45) is 5.03. The highest BCUT2D eigenvalue weighted by atomic mass is 19.1. The van der Waals surface area contributed by atoms with Gasteiger partial charge in [-0.3, -0.25) is 4.79 Å². The molecule has 27 heavy (non-hydrogen) atoms. The lowest BCUT2D eigenvalue weighted by molar-refractivity contribution is -0.144. The summed E-state index contributed by atoms with van der Waals surface area (Å²) in [6.45, 7) is 1.81. The number of aromatic nitrogens is 2. The van der Waals surface area contributed by atoms with Gasteiger partial charge in [0, 0.05) is 5.69 Å². The number of rotatable bonds is 5. The van der Waals surface area contributed by atoms with Crippen LogP contribution in [-0.4, -0.2) is 34.8 Å². The smallest absolute Gasteiger partial charge is 0.328 e. The van der Waals surface area contributed by atoms with Crippen LogP contribution in [0.3, 0.4) is 0 Å². The van der Waals surface area contributed by atoms with Crippen LogP contribution in [0.15, 0.2) is 30.3 Å². The van der Waals surface area contributed by atoms with Gasteiger partial charge in [0.1, 0.15) is 11.9 Å². The van der Waals surface area contributed by atoms with Crippen LogP contribution >= 0.6 is 0 Å². The Kier molecular flexibility index (Phi) is 5.88. The Bertz CT molecular complexity index is 810. The Labute approximate surface area is 157 Å². The van der Waals surface area contributed by atoms with Crippen molar-refractivity contribution >= 4 is 11.9 Å². The van der Waals surface area contributed by atoms with Gasteiger partial charge < -0.3 is 10.1 Å². The molecule has 2 aromatic rings. The van der Waals surface area contributed by atoms with E-state index in [-0.39, 0.29) is 17.4 Å². The molecule has 0 radical (unpaired) electrons. The number of hydrogen-bond acceptors (Lipinski definition) is 4. The maximum absolute atomic E-state index is 13.1. The van der Waals surface area contributed by atoms with Crippen LogP contribution in [0.1, 0.15) is 48.3 Å². The second-order valence-corrected chi connectivity index (χ2v) is 6.93. The van der Waals surface area contributed by atoms with Crippen molar-refractivity contribution in [3.05, 3.63) is 47.5 Å². The first-order chi connectivity index (χ1) is 13.0. The van der Waals surface area contributed by atoms with Crippen LogP contribution in [0.4, 0.5) is 4.39 Å². The zero-order valence-electron chi connectivity index (χ0n) is 15.6. The summed E-state index contributed by atoms with van der Waals surface area (Å²) in [4.78, 5) is 24.9. The summed E-state index contributed by atoms with van der Waals surface area (Å²) in [5.41, 5.74) is 1.60. The molecule has 1 saturated carbocycles. The Morgan fingerprint density at radius 3 is 2.52 bits per heavy atom. The molecule has 144 valence electrons. The molecule has 1 fully saturated rings. The van der Waals surface area contributed by atoms with Crippen LogP contribution in [0.2, 0.25) is 0 Å². The molecule has 1 aromatic heterocycles.